The number of nitrogens with one attached hydrogen (secondary N) is 2. The van der Waals surface area contributed by atoms with Gasteiger partial charge in [0.1, 0.15) is 5.75 Å². The maximum atomic E-state index is 12.3. The molecule has 8 nitrogen and oxygen atoms in total. The first-order valence-electron chi connectivity index (χ1n) is 9.83. The number of rotatable bonds is 6. The lowest BCUT2D eigenvalue weighted by Gasteiger charge is -2.25. The minimum atomic E-state index is -0.687. The predicted molar refractivity (Wildman–Crippen MR) is 122 cm³/mol. The fourth-order valence-corrected chi connectivity index (χ4v) is 3.04. The molecule has 0 aliphatic rings. The van der Waals surface area contributed by atoms with Gasteiger partial charge in [-0.15, -0.1) is 0 Å². The number of anilines is 1. The fraction of sp³-hybridized carbons (Fsp3) is 0.292. The van der Waals surface area contributed by atoms with Crippen molar-refractivity contribution in [1.82, 2.24) is 5.32 Å². The van der Waals surface area contributed by atoms with Crippen molar-refractivity contribution >= 4 is 23.6 Å². The Morgan fingerprint density at radius 3 is 2.16 bits per heavy atom. The highest BCUT2D eigenvalue weighted by atomic mass is 16.5. The van der Waals surface area contributed by atoms with Gasteiger partial charge in [0.15, 0.2) is 0 Å². The summed E-state index contributed by atoms with van der Waals surface area (Å²) in [4.78, 5) is 35.8. The van der Waals surface area contributed by atoms with Crippen LogP contribution in [0.4, 0.5) is 10.5 Å². The van der Waals surface area contributed by atoms with Gasteiger partial charge in [-0.1, -0.05) is 32.9 Å². The van der Waals surface area contributed by atoms with Gasteiger partial charge in [-0.3, -0.25) is 10.1 Å². The van der Waals surface area contributed by atoms with Crippen LogP contribution in [0.25, 0.3) is 11.1 Å². The first-order chi connectivity index (χ1) is 15.1. The molecule has 2 aromatic rings. The second-order valence-electron chi connectivity index (χ2n) is 7.91. The number of esters is 1. The van der Waals surface area contributed by atoms with Crippen LogP contribution in [0.15, 0.2) is 48.7 Å². The Hall–Kier alpha value is -3.81. The Morgan fingerprint density at radius 2 is 1.62 bits per heavy atom. The van der Waals surface area contributed by atoms with Crippen molar-refractivity contribution in [2.24, 2.45) is 0 Å². The number of imide groups is 1. The van der Waals surface area contributed by atoms with Gasteiger partial charge in [0.2, 0.25) is 0 Å². The molecule has 32 heavy (non-hydrogen) atoms. The number of ether oxygens (including phenoxy) is 3. The molecule has 170 valence electrons. The molecule has 2 rings (SSSR count). The first kappa shape index (κ1) is 24.5. The van der Waals surface area contributed by atoms with Crippen molar-refractivity contribution in [3.8, 4) is 16.9 Å². The predicted octanol–water partition coefficient (Wildman–Crippen LogP) is 4.25. The molecule has 0 bridgehead atoms. The number of carbonyl (C=O) groups excluding carboxylic acids is 3. The molecule has 0 atom stereocenters. The second-order valence-corrected chi connectivity index (χ2v) is 7.91. The van der Waals surface area contributed by atoms with E-state index in [1.807, 2.05) is 20.8 Å². The molecule has 0 radical (unpaired) electrons. The average Bonchev–Trinajstić information content (AvgIpc) is 2.75. The van der Waals surface area contributed by atoms with E-state index in [1.165, 1.54) is 20.5 Å². The maximum absolute atomic E-state index is 12.3. The standard InChI is InChI=1S/C24H28N2O6/c1-24(2,3)19-14-17(25-23(29)26-20(27)11-12-30-4)13-18(21(19)31-5)15-7-9-16(10-8-15)22(28)32-6/h7-14H,1-6H3,(H2,25,26,27,29). The molecule has 0 heterocycles. The first-order valence-corrected chi connectivity index (χ1v) is 9.83. The topological polar surface area (TPSA) is 103 Å². The minimum absolute atomic E-state index is 0.308. The van der Waals surface area contributed by atoms with Crippen LogP contribution in [-0.4, -0.2) is 39.2 Å². The van der Waals surface area contributed by atoms with Crippen molar-refractivity contribution in [2.45, 2.75) is 26.2 Å². The van der Waals surface area contributed by atoms with Crippen LogP contribution in [0.1, 0.15) is 36.7 Å². The molecule has 0 unspecified atom stereocenters. The second kappa shape index (κ2) is 10.5. The van der Waals surface area contributed by atoms with Gasteiger partial charge in [0.25, 0.3) is 5.91 Å². The van der Waals surface area contributed by atoms with E-state index >= 15 is 0 Å². The minimum Gasteiger partial charge on any atom is -0.504 e. The zero-order valence-corrected chi connectivity index (χ0v) is 19.1. The van der Waals surface area contributed by atoms with E-state index in [1.54, 1.807) is 43.5 Å². The van der Waals surface area contributed by atoms with E-state index < -0.39 is 17.9 Å². The Balaban J connectivity index is 2.49. The van der Waals surface area contributed by atoms with Crippen molar-refractivity contribution in [3.63, 3.8) is 0 Å². The van der Waals surface area contributed by atoms with Gasteiger partial charge in [-0.2, -0.15) is 0 Å². The third kappa shape index (κ3) is 6.10. The van der Waals surface area contributed by atoms with Crippen LogP contribution in [0.3, 0.4) is 0 Å². The van der Waals surface area contributed by atoms with Gasteiger partial charge in [-0.25, -0.2) is 9.59 Å². The molecule has 0 saturated carbocycles. The molecule has 0 aliphatic carbocycles. The SMILES string of the molecule is COC=CC(=O)NC(=O)Nc1cc(-c2ccc(C(=O)OC)cc2)c(OC)c(C(C)(C)C)c1. The van der Waals surface area contributed by atoms with E-state index in [4.69, 9.17) is 9.47 Å². The Labute approximate surface area is 187 Å². The highest BCUT2D eigenvalue weighted by molar-refractivity contribution is 6.05. The molecular formula is C24H28N2O6. The molecule has 0 fully saturated rings. The summed E-state index contributed by atoms with van der Waals surface area (Å²) in [6.07, 6.45) is 2.27. The van der Waals surface area contributed by atoms with Crippen LogP contribution in [0, 0.1) is 0 Å². The summed E-state index contributed by atoms with van der Waals surface area (Å²) in [5.41, 5.74) is 2.94. The largest absolute Gasteiger partial charge is 0.504 e. The zero-order valence-electron chi connectivity index (χ0n) is 19.1. The number of methoxy groups -OCH3 is 3. The summed E-state index contributed by atoms with van der Waals surface area (Å²) in [6, 6.07) is 9.73. The molecule has 2 N–H and O–H groups in total. The third-order valence-corrected chi connectivity index (χ3v) is 4.57. The summed E-state index contributed by atoms with van der Waals surface area (Å²) in [6.45, 7) is 6.08. The summed E-state index contributed by atoms with van der Waals surface area (Å²) < 4.78 is 15.1. The fourth-order valence-electron chi connectivity index (χ4n) is 3.04. The molecule has 0 saturated heterocycles. The lowest BCUT2D eigenvalue weighted by Crippen LogP contribution is -2.33. The quantitative estimate of drug-likeness (QED) is 0.395. The highest BCUT2D eigenvalue weighted by Gasteiger charge is 2.24. The summed E-state index contributed by atoms with van der Waals surface area (Å²) in [7, 11) is 4.30. The third-order valence-electron chi connectivity index (χ3n) is 4.57. The molecule has 8 heteroatoms. The van der Waals surface area contributed by atoms with Gasteiger partial charge in [0.05, 0.1) is 33.2 Å². The van der Waals surface area contributed by atoms with Gasteiger partial charge in [-0.05, 0) is 35.2 Å². The van der Waals surface area contributed by atoms with Crippen LogP contribution in [0.2, 0.25) is 0 Å². The lowest BCUT2D eigenvalue weighted by atomic mass is 9.83. The summed E-state index contributed by atoms with van der Waals surface area (Å²) >= 11 is 0. The Morgan fingerprint density at radius 1 is 0.969 bits per heavy atom. The van der Waals surface area contributed by atoms with Crippen LogP contribution < -0.4 is 15.4 Å². The summed E-state index contributed by atoms with van der Waals surface area (Å²) in [5, 5.41) is 4.88. The molecule has 0 aliphatic heterocycles. The van der Waals surface area contributed by atoms with Gasteiger partial charge < -0.3 is 19.5 Å². The number of benzene rings is 2. The van der Waals surface area contributed by atoms with E-state index in [0.29, 0.717) is 17.0 Å². The van der Waals surface area contributed by atoms with Crippen molar-refractivity contribution in [3.05, 3.63) is 59.9 Å². The van der Waals surface area contributed by atoms with Crippen LogP contribution in [-0.2, 0) is 19.7 Å². The van der Waals surface area contributed by atoms with E-state index in [0.717, 1.165) is 22.8 Å². The molecule has 2 aromatic carbocycles. The number of hydrogen-bond donors (Lipinski definition) is 2. The Kier molecular flexibility index (Phi) is 8.01. The smallest absolute Gasteiger partial charge is 0.337 e. The maximum Gasteiger partial charge on any atom is 0.337 e. The Bertz CT molecular complexity index is 1020. The number of hydrogen-bond acceptors (Lipinski definition) is 6. The molecule has 3 amide bonds. The summed E-state index contributed by atoms with van der Waals surface area (Å²) in [5.74, 6) is -0.404. The van der Waals surface area contributed by atoms with Gasteiger partial charge in [0, 0.05) is 22.9 Å². The normalized spacial score (nSPS) is 11.1. The van der Waals surface area contributed by atoms with Crippen molar-refractivity contribution in [1.29, 1.82) is 0 Å². The number of urea groups is 1. The van der Waals surface area contributed by atoms with E-state index in [-0.39, 0.29) is 5.41 Å². The van der Waals surface area contributed by atoms with Crippen molar-refractivity contribution in [2.75, 3.05) is 26.6 Å². The number of carbonyl (C=O) groups is 3. The lowest BCUT2D eigenvalue weighted by molar-refractivity contribution is -0.115. The zero-order chi connectivity index (χ0) is 23.9. The monoisotopic (exact) mass is 440 g/mol. The molecule has 0 spiro atoms. The average molecular weight is 440 g/mol. The number of amides is 3. The molecule has 0 aromatic heterocycles. The van der Waals surface area contributed by atoms with Crippen LogP contribution in [0.5, 0.6) is 5.75 Å². The highest BCUT2D eigenvalue weighted by Crippen LogP contribution is 2.41. The van der Waals surface area contributed by atoms with Crippen molar-refractivity contribution < 1.29 is 28.6 Å². The van der Waals surface area contributed by atoms with Gasteiger partial charge >= 0.3 is 12.0 Å². The van der Waals surface area contributed by atoms with Crippen LogP contribution >= 0.6 is 0 Å². The molecular weight excluding hydrogens is 412 g/mol. The van der Waals surface area contributed by atoms with E-state index in [2.05, 4.69) is 15.4 Å². The van der Waals surface area contributed by atoms with E-state index in [9.17, 15) is 14.4 Å².